The average Bonchev–Trinajstić information content (AvgIpc) is 3.57. The molecule has 0 radical (unpaired) electrons. The fourth-order valence-corrected chi connectivity index (χ4v) is 5.44. The van der Waals surface area contributed by atoms with Gasteiger partial charge in [-0.25, -0.2) is 9.69 Å². The largest absolute Gasteiger partial charge is 0.467 e. The molecule has 0 bridgehead atoms. The molecule has 0 aromatic carbocycles. The van der Waals surface area contributed by atoms with Crippen molar-refractivity contribution in [2.24, 2.45) is 5.10 Å². The summed E-state index contributed by atoms with van der Waals surface area (Å²) >= 11 is 4.58. The predicted molar refractivity (Wildman–Crippen MR) is 116 cm³/mol. The van der Waals surface area contributed by atoms with E-state index in [0.717, 1.165) is 21.2 Å². The summed E-state index contributed by atoms with van der Waals surface area (Å²) in [6.07, 6.45) is 2.32. The molecule has 0 saturated heterocycles. The van der Waals surface area contributed by atoms with Crippen LogP contribution in [0.25, 0.3) is 0 Å². The second-order valence-corrected chi connectivity index (χ2v) is 9.35. The molecule has 0 aliphatic carbocycles. The zero-order chi connectivity index (χ0) is 20.3. The molecule has 1 amide bonds. The molecule has 30 heavy (non-hydrogen) atoms. The van der Waals surface area contributed by atoms with Crippen molar-refractivity contribution in [3.05, 3.63) is 68.9 Å². The van der Waals surface area contributed by atoms with Gasteiger partial charge in [0.2, 0.25) is 5.16 Å². The predicted octanol–water partition coefficient (Wildman–Crippen LogP) is 3.91. The molecule has 1 aliphatic rings. The zero-order valence-corrected chi connectivity index (χ0v) is 18.1. The average molecular weight is 457 g/mol. The molecule has 1 unspecified atom stereocenters. The van der Waals surface area contributed by atoms with Gasteiger partial charge in [-0.05, 0) is 45.5 Å². The van der Waals surface area contributed by atoms with Gasteiger partial charge in [-0.1, -0.05) is 23.9 Å². The number of hydrogen-bond acceptors (Lipinski definition) is 9. The molecule has 5 rings (SSSR count). The fourth-order valence-electron chi connectivity index (χ4n) is 3.18. The Morgan fingerprint density at radius 3 is 2.87 bits per heavy atom. The van der Waals surface area contributed by atoms with Gasteiger partial charge in [0.15, 0.2) is 0 Å². The standard InChI is InChI=1S/C19H16N6O2S3/c26-18(12-30-19-20-22-23-24(19)11-13-4-1-7-27-13)25-15(17-6-3-9-29-17)10-14(21-25)16-5-2-8-28-16/h1-9,15H,10-12H2. The Bertz CT molecular complexity index is 1140. The summed E-state index contributed by atoms with van der Waals surface area (Å²) in [6, 6.07) is 11.7. The van der Waals surface area contributed by atoms with Gasteiger partial charge in [0.1, 0.15) is 12.3 Å². The molecule has 8 nitrogen and oxygen atoms in total. The second kappa shape index (κ2) is 8.54. The lowest BCUT2D eigenvalue weighted by Gasteiger charge is -2.20. The number of thiophene rings is 2. The van der Waals surface area contributed by atoms with Gasteiger partial charge in [-0.15, -0.1) is 27.8 Å². The first kappa shape index (κ1) is 19.2. The van der Waals surface area contributed by atoms with E-state index in [4.69, 9.17) is 4.42 Å². The Balaban J connectivity index is 1.31. The van der Waals surface area contributed by atoms with Crippen LogP contribution in [0.5, 0.6) is 0 Å². The van der Waals surface area contributed by atoms with Gasteiger partial charge in [0.25, 0.3) is 5.91 Å². The third-order valence-corrected chi connectivity index (χ3v) is 7.39. The highest BCUT2D eigenvalue weighted by Gasteiger charge is 2.34. The van der Waals surface area contributed by atoms with Crippen molar-refractivity contribution in [3.8, 4) is 0 Å². The SMILES string of the molecule is O=C(CSc1nnnn1Cc1ccco1)N1N=C(c2cccs2)CC1c1cccs1. The Labute approximate surface area is 184 Å². The molecule has 1 atom stereocenters. The van der Waals surface area contributed by atoms with Crippen LogP contribution >= 0.6 is 34.4 Å². The van der Waals surface area contributed by atoms with Crippen LogP contribution in [0.1, 0.15) is 28.0 Å². The number of thioether (sulfide) groups is 1. The minimum atomic E-state index is -0.0747. The molecule has 0 fully saturated rings. The molecule has 1 aliphatic heterocycles. The highest BCUT2D eigenvalue weighted by Crippen LogP contribution is 2.36. The lowest BCUT2D eigenvalue weighted by Crippen LogP contribution is -2.28. The van der Waals surface area contributed by atoms with E-state index in [2.05, 4.69) is 26.7 Å². The summed E-state index contributed by atoms with van der Waals surface area (Å²) < 4.78 is 6.98. The highest BCUT2D eigenvalue weighted by atomic mass is 32.2. The minimum absolute atomic E-state index is 0.0718. The van der Waals surface area contributed by atoms with Gasteiger partial charge in [-0.2, -0.15) is 5.10 Å². The van der Waals surface area contributed by atoms with Crippen molar-refractivity contribution in [1.29, 1.82) is 0 Å². The first-order chi connectivity index (χ1) is 14.8. The van der Waals surface area contributed by atoms with E-state index >= 15 is 0 Å². The van der Waals surface area contributed by atoms with E-state index in [1.807, 2.05) is 41.1 Å². The number of hydrogen-bond donors (Lipinski definition) is 0. The van der Waals surface area contributed by atoms with E-state index in [9.17, 15) is 4.79 Å². The summed E-state index contributed by atoms with van der Waals surface area (Å²) in [5.74, 6) is 0.872. The van der Waals surface area contributed by atoms with Crippen molar-refractivity contribution < 1.29 is 9.21 Å². The molecule has 4 aromatic heterocycles. The van der Waals surface area contributed by atoms with Crippen LogP contribution in [0, 0.1) is 0 Å². The normalized spacial score (nSPS) is 16.2. The molecule has 5 heterocycles. The van der Waals surface area contributed by atoms with Crippen LogP contribution in [0.4, 0.5) is 0 Å². The summed E-state index contributed by atoms with van der Waals surface area (Å²) in [7, 11) is 0. The number of carbonyl (C=O) groups excluding carboxylic acids is 1. The number of aromatic nitrogens is 4. The highest BCUT2D eigenvalue weighted by molar-refractivity contribution is 7.99. The Morgan fingerprint density at radius 1 is 1.20 bits per heavy atom. The van der Waals surface area contributed by atoms with Gasteiger partial charge in [0.05, 0.1) is 28.6 Å². The second-order valence-electron chi connectivity index (χ2n) is 6.48. The number of rotatable bonds is 7. The van der Waals surface area contributed by atoms with Crippen molar-refractivity contribution in [2.45, 2.75) is 24.2 Å². The van der Waals surface area contributed by atoms with Crippen LogP contribution in [0.2, 0.25) is 0 Å². The van der Waals surface area contributed by atoms with Gasteiger partial charge >= 0.3 is 0 Å². The van der Waals surface area contributed by atoms with Crippen molar-refractivity contribution in [2.75, 3.05) is 5.75 Å². The molecular formula is C19H16N6O2S3. The monoisotopic (exact) mass is 456 g/mol. The maximum atomic E-state index is 13.1. The maximum Gasteiger partial charge on any atom is 0.253 e. The zero-order valence-electron chi connectivity index (χ0n) is 15.6. The summed E-state index contributed by atoms with van der Waals surface area (Å²) in [4.78, 5) is 15.3. The van der Waals surface area contributed by atoms with Crippen LogP contribution in [-0.2, 0) is 11.3 Å². The van der Waals surface area contributed by atoms with Gasteiger partial charge in [-0.3, -0.25) is 4.79 Å². The lowest BCUT2D eigenvalue weighted by molar-refractivity contribution is -0.130. The number of tetrazole rings is 1. The third kappa shape index (κ3) is 3.95. The maximum absolute atomic E-state index is 13.1. The molecule has 0 saturated carbocycles. The van der Waals surface area contributed by atoms with E-state index in [1.165, 1.54) is 11.8 Å². The minimum Gasteiger partial charge on any atom is -0.467 e. The lowest BCUT2D eigenvalue weighted by atomic mass is 10.1. The molecule has 11 heteroatoms. The Hall–Kier alpha value is -2.76. The molecule has 152 valence electrons. The summed E-state index contributed by atoms with van der Waals surface area (Å²) in [5.41, 5.74) is 0.949. The smallest absolute Gasteiger partial charge is 0.253 e. The van der Waals surface area contributed by atoms with Crippen molar-refractivity contribution in [3.63, 3.8) is 0 Å². The number of furan rings is 1. The van der Waals surface area contributed by atoms with E-state index in [-0.39, 0.29) is 17.7 Å². The summed E-state index contributed by atoms with van der Waals surface area (Å²) in [6.45, 7) is 0.415. The van der Waals surface area contributed by atoms with Crippen LogP contribution in [0.3, 0.4) is 0 Å². The van der Waals surface area contributed by atoms with Crippen molar-refractivity contribution in [1.82, 2.24) is 25.2 Å². The Morgan fingerprint density at radius 2 is 2.10 bits per heavy atom. The van der Waals surface area contributed by atoms with E-state index in [1.54, 1.807) is 38.6 Å². The fraction of sp³-hybridized carbons (Fsp3) is 0.211. The summed E-state index contributed by atoms with van der Waals surface area (Å²) in [5, 5.41) is 22.7. The Kier molecular flexibility index (Phi) is 5.47. The van der Waals surface area contributed by atoms with E-state index < -0.39 is 0 Å². The van der Waals surface area contributed by atoms with Crippen LogP contribution in [-0.4, -0.2) is 42.6 Å². The van der Waals surface area contributed by atoms with Gasteiger partial charge in [0, 0.05) is 11.3 Å². The number of amides is 1. The number of carbonyl (C=O) groups is 1. The first-order valence-corrected chi connectivity index (χ1v) is 11.9. The molecule has 4 aromatic rings. The van der Waals surface area contributed by atoms with Gasteiger partial charge < -0.3 is 4.42 Å². The quantitative estimate of drug-likeness (QED) is 0.392. The van der Waals surface area contributed by atoms with Crippen LogP contribution < -0.4 is 0 Å². The van der Waals surface area contributed by atoms with E-state index in [0.29, 0.717) is 18.1 Å². The topological polar surface area (TPSA) is 89.4 Å². The third-order valence-electron chi connectivity index (χ3n) is 4.55. The molecule has 0 spiro atoms. The van der Waals surface area contributed by atoms with Crippen molar-refractivity contribution >= 4 is 46.1 Å². The molecular weight excluding hydrogens is 440 g/mol. The van der Waals surface area contributed by atoms with Crippen LogP contribution in [0.15, 0.2) is 68.1 Å². The molecule has 0 N–H and O–H groups in total. The first-order valence-electron chi connectivity index (χ1n) is 9.16. The number of hydrazone groups is 1. The number of nitrogens with zero attached hydrogens (tertiary/aromatic N) is 6.